The summed E-state index contributed by atoms with van der Waals surface area (Å²) in [6.45, 7) is 7.57. The predicted molar refractivity (Wildman–Crippen MR) is 123 cm³/mol. The van der Waals surface area contributed by atoms with Crippen molar-refractivity contribution in [1.29, 1.82) is 0 Å². The van der Waals surface area contributed by atoms with Crippen molar-refractivity contribution in [2.24, 2.45) is 0 Å². The zero-order chi connectivity index (χ0) is 22.9. The molecule has 9 nitrogen and oxygen atoms in total. The number of non-ortho nitro benzene ring substituents is 2. The van der Waals surface area contributed by atoms with E-state index in [9.17, 15) is 20.2 Å². The number of halogens is 2. The number of hydrogen-bond donors (Lipinski definition) is 1. The molecule has 2 aromatic carbocycles. The first-order valence-electron chi connectivity index (χ1n) is 8.68. The summed E-state index contributed by atoms with van der Waals surface area (Å²) in [7, 11) is -1.10. The molecule has 2 rings (SSSR count). The van der Waals surface area contributed by atoms with Gasteiger partial charge in [-0.05, 0) is 50.0 Å². The van der Waals surface area contributed by atoms with E-state index in [0.29, 0.717) is 21.3 Å². The molecule has 0 aromatic heterocycles. The van der Waals surface area contributed by atoms with Gasteiger partial charge in [0.05, 0.1) is 30.9 Å². The molecular formula is C18H22Br2N2O7Si. The van der Waals surface area contributed by atoms with Crippen LogP contribution in [0.5, 0.6) is 11.5 Å². The fourth-order valence-corrected chi connectivity index (χ4v) is 3.24. The van der Waals surface area contributed by atoms with Crippen LogP contribution < -0.4 is 4.74 Å². The molecule has 0 aliphatic heterocycles. The number of benzene rings is 2. The molecule has 0 amide bonds. The predicted octanol–water partition coefficient (Wildman–Crippen LogP) is 6.11. The summed E-state index contributed by atoms with van der Waals surface area (Å²) in [5.41, 5.74) is -0.119. The number of phenols is 1. The van der Waals surface area contributed by atoms with E-state index < -0.39 is 17.9 Å². The number of ether oxygens (including phenoxy) is 2. The van der Waals surface area contributed by atoms with E-state index in [0.717, 1.165) is 12.1 Å². The molecular weight excluding hydrogens is 544 g/mol. The Labute approximate surface area is 191 Å². The Kier molecular flexibility index (Phi) is 10.4. The van der Waals surface area contributed by atoms with Crippen molar-refractivity contribution in [3.05, 3.63) is 65.6 Å². The normalized spacial score (nSPS) is 10.7. The zero-order valence-electron chi connectivity index (χ0n) is 16.6. The van der Waals surface area contributed by atoms with Crippen molar-refractivity contribution in [1.82, 2.24) is 0 Å². The van der Waals surface area contributed by atoms with Crippen molar-refractivity contribution in [3.63, 3.8) is 0 Å². The molecule has 0 bridgehead atoms. The molecule has 0 aliphatic carbocycles. The van der Waals surface area contributed by atoms with Crippen LogP contribution in [0.2, 0.25) is 25.7 Å². The lowest BCUT2D eigenvalue weighted by Gasteiger charge is -2.15. The quantitative estimate of drug-likeness (QED) is 0.134. The first-order valence-corrected chi connectivity index (χ1v) is 14.0. The molecule has 0 spiro atoms. The van der Waals surface area contributed by atoms with Gasteiger partial charge < -0.3 is 14.6 Å². The van der Waals surface area contributed by atoms with Gasteiger partial charge in [0.2, 0.25) is 0 Å². The monoisotopic (exact) mass is 564 g/mol. The lowest BCUT2D eigenvalue weighted by atomic mass is 10.3. The van der Waals surface area contributed by atoms with Crippen molar-refractivity contribution in [2.75, 3.05) is 13.4 Å². The first-order chi connectivity index (χ1) is 13.9. The van der Waals surface area contributed by atoms with E-state index in [1.165, 1.54) is 24.3 Å². The van der Waals surface area contributed by atoms with Crippen LogP contribution in [0, 0.1) is 20.2 Å². The second-order valence-corrected chi connectivity index (χ2v) is 14.6. The molecule has 164 valence electrons. The molecule has 0 saturated carbocycles. The van der Waals surface area contributed by atoms with E-state index in [1.807, 2.05) is 0 Å². The van der Waals surface area contributed by atoms with Crippen LogP contribution in [0.3, 0.4) is 0 Å². The molecule has 0 radical (unpaired) electrons. The number of aromatic hydroxyl groups is 1. The van der Waals surface area contributed by atoms with Crippen LogP contribution in [0.4, 0.5) is 11.4 Å². The average molecular weight is 566 g/mol. The molecule has 0 fully saturated rings. The molecule has 30 heavy (non-hydrogen) atoms. The second-order valence-electron chi connectivity index (χ2n) is 7.25. The maximum absolute atomic E-state index is 10.7. The Balaban J connectivity index is 0.000000346. The second kappa shape index (κ2) is 12.0. The summed E-state index contributed by atoms with van der Waals surface area (Å²) < 4.78 is 11.9. The summed E-state index contributed by atoms with van der Waals surface area (Å²) in [6, 6.07) is 9.28. The highest BCUT2D eigenvalue weighted by Crippen LogP contribution is 2.29. The third kappa shape index (κ3) is 9.65. The number of nitrogens with zero attached hydrogens (tertiary/aromatic N) is 2. The SMILES string of the molecule is C[Si](C)(C)CCOCOc1cc([N+](=O)[O-])ccc1Br.O=[N+]([O-])c1ccc(Br)c(O)c1. The van der Waals surface area contributed by atoms with Gasteiger partial charge in [-0.1, -0.05) is 19.6 Å². The van der Waals surface area contributed by atoms with Crippen LogP contribution >= 0.6 is 31.9 Å². The largest absolute Gasteiger partial charge is 0.507 e. The molecule has 0 saturated heterocycles. The van der Waals surface area contributed by atoms with Crippen molar-refractivity contribution >= 4 is 51.3 Å². The molecule has 0 heterocycles. The minimum atomic E-state index is -1.10. The van der Waals surface area contributed by atoms with E-state index in [2.05, 4.69) is 51.5 Å². The number of nitro groups is 2. The van der Waals surface area contributed by atoms with Crippen molar-refractivity contribution in [2.45, 2.75) is 25.7 Å². The number of phenolic OH excluding ortho intramolecular Hbond substituents is 1. The lowest BCUT2D eigenvalue weighted by molar-refractivity contribution is -0.385. The maximum Gasteiger partial charge on any atom is 0.273 e. The molecule has 1 N–H and O–H groups in total. The minimum absolute atomic E-state index is 0.000277. The molecule has 0 unspecified atom stereocenters. The third-order valence-electron chi connectivity index (χ3n) is 3.56. The van der Waals surface area contributed by atoms with Crippen LogP contribution in [-0.4, -0.2) is 36.4 Å². The standard InChI is InChI=1S/C12H18BrNO4Si.C6H4BrNO3/c1-19(2,3)7-6-17-9-18-12-8-10(14(15)16)4-5-11(12)13;7-5-2-1-4(8(10)11)3-6(5)9/h4-5,8H,6-7,9H2,1-3H3;1-3,9H. The highest BCUT2D eigenvalue weighted by atomic mass is 79.9. The molecule has 12 heteroatoms. The zero-order valence-corrected chi connectivity index (χ0v) is 20.8. The fourth-order valence-electron chi connectivity index (χ4n) is 1.87. The Morgan fingerprint density at radius 3 is 2.00 bits per heavy atom. The van der Waals surface area contributed by atoms with Gasteiger partial charge in [0.1, 0.15) is 11.5 Å². The van der Waals surface area contributed by atoms with Gasteiger partial charge in [-0.3, -0.25) is 20.2 Å². The van der Waals surface area contributed by atoms with Crippen LogP contribution in [0.15, 0.2) is 45.3 Å². The number of nitro benzene ring substituents is 2. The average Bonchev–Trinajstić information content (AvgIpc) is 2.64. The van der Waals surface area contributed by atoms with Gasteiger partial charge in [-0.25, -0.2) is 0 Å². The van der Waals surface area contributed by atoms with Gasteiger partial charge in [0, 0.05) is 26.8 Å². The molecule has 0 atom stereocenters. The van der Waals surface area contributed by atoms with Gasteiger partial charge in [-0.15, -0.1) is 0 Å². The lowest BCUT2D eigenvalue weighted by Crippen LogP contribution is -2.22. The summed E-state index contributed by atoms with van der Waals surface area (Å²) >= 11 is 6.29. The summed E-state index contributed by atoms with van der Waals surface area (Å²) in [5, 5.41) is 29.8. The van der Waals surface area contributed by atoms with Gasteiger partial charge >= 0.3 is 0 Å². The van der Waals surface area contributed by atoms with Crippen LogP contribution in [-0.2, 0) is 4.74 Å². The van der Waals surface area contributed by atoms with E-state index in [1.54, 1.807) is 6.07 Å². The van der Waals surface area contributed by atoms with Crippen LogP contribution in [0.25, 0.3) is 0 Å². The molecule has 2 aromatic rings. The summed E-state index contributed by atoms with van der Waals surface area (Å²) in [6.07, 6.45) is 0. The van der Waals surface area contributed by atoms with Gasteiger partial charge in [-0.2, -0.15) is 0 Å². The number of hydrogen-bond acceptors (Lipinski definition) is 7. The summed E-state index contributed by atoms with van der Waals surface area (Å²) in [4.78, 5) is 19.8. The minimum Gasteiger partial charge on any atom is -0.507 e. The smallest absolute Gasteiger partial charge is 0.273 e. The van der Waals surface area contributed by atoms with Gasteiger partial charge in [0.25, 0.3) is 11.4 Å². The topological polar surface area (TPSA) is 125 Å². The van der Waals surface area contributed by atoms with E-state index >= 15 is 0 Å². The maximum atomic E-state index is 10.7. The Bertz CT molecular complexity index is 891. The Morgan fingerprint density at radius 1 is 0.967 bits per heavy atom. The highest BCUT2D eigenvalue weighted by Gasteiger charge is 2.13. The van der Waals surface area contributed by atoms with E-state index in [-0.39, 0.29) is 23.9 Å². The first kappa shape index (κ1) is 26.0. The van der Waals surface area contributed by atoms with Crippen LogP contribution in [0.1, 0.15) is 0 Å². The third-order valence-corrected chi connectivity index (χ3v) is 6.59. The Hall–Kier alpha value is -2.02. The molecule has 0 aliphatic rings. The van der Waals surface area contributed by atoms with Crippen molar-refractivity contribution < 1.29 is 24.4 Å². The fraction of sp³-hybridized carbons (Fsp3) is 0.333. The van der Waals surface area contributed by atoms with E-state index in [4.69, 9.17) is 14.6 Å². The number of rotatable bonds is 8. The Morgan fingerprint density at radius 2 is 1.50 bits per heavy atom. The van der Waals surface area contributed by atoms with Crippen molar-refractivity contribution in [3.8, 4) is 11.5 Å². The van der Waals surface area contributed by atoms with Gasteiger partial charge in [0.15, 0.2) is 6.79 Å². The summed E-state index contributed by atoms with van der Waals surface area (Å²) in [5.74, 6) is 0.293. The highest BCUT2D eigenvalue weighted by molar-refractivity contribution is 9.10.